The quantitative estimate of drug-likeness (QED) is 0.881. The summed E-state index contributed by atoms with van der Waals surface area (Å²) in [6, 6.07) is 3.61. The summed E-state index contributed by atoms with van der Waals surface area (Å²) in [6.07, 6.45) is 3.31. The molecule has 1 aromatic rings. The first-order valence-electron chi connectivity index (χ1n) is 7.09. The summed E-state index contributed by atoms with van der Waals surface area (Å²) in [7, 11) is -3.53. The Balaban J connectivity index is 2.10. The van der Waals surface area contributed by atoms with Gasteiger partial charge >= 0.3 is 0 Å². The summed E-state index contributed by atoms with van der Waals surface area (Å²) < 4.78 is 33.3. The Hall–Kier alpha value is -1.11. The number of hydrogen-bond donors (Lipinski definition) is 2. The average molecular weight is 296 g/mol. The van der Waals surface area contributed by atoms with Crippen LogP contribution in [0.3, 0.4) is 0 Å². The molecule has 0 spiro atoms. The molecule has 0 bridgehead atoms. The molecule has 3 rings (SSSR count). The van der Waals surface area contributed by atoms with Gasteiger partial charge in [-0.1, -0.05) is 13.0 Å². The zero-order chi connectivity index (χ0) is 14.3. The van der Waals surface area contributed by atoms with E-state index in [0.29, 0.717) is 12.4 Å². The minimum Gasteiger partial charge on any atom is -0.492 e. The molecule has 110 valence electrons. The maximum Gasteiger partial charge on any atom is 0.244 e. The molecule has 20 heavy (non-hydrogen) atoms. The molecule has 3 N–H and O–H groups in total. The molecule has 0 aromatic heterocycles. The molecule has 1 heterocycles. The molecule has 1 aliphatic carbocycles. The first kappa shape index (κ1) is 13.9. The van der Waals surface area contributed by atoms with Crippen molar-refractivity contribution in [3.8, 4) is 5.75 Å². The van der Waals surface area contributed by atoms with Gasteiger partial charge in [-0.15, -0.1) is 0 Å². The van der Waals surface area contributed by atoms with Crippen molar-refractivity contribution in [2.75, 3.05) is 6.61 Å². The lowest BCUT2D eigenvalue weighted by Crippen LogP contribution is -2.29. The Morgan fingerprint density at radius 1 is 1.35 bits per heavy atom. The third kappa shape index (κ3) is 2.55. The van der Waals surface area contributed by atoms with Crippen LogP contribution in [0.5, 0.6) is 5.75 Å². The van der Waals surface area contributed by atoms with Gasteiger partial charge in [-0.2, -0.15) is 0 Å². The lowest BCUT2D eigenvalue weighted by molar-refractivity contribution is 0.261. The van der Waals surface area contributed by atoms with E-state index in [4.69, 9.17) is 10.5 Å². The Bertz CT molecular complexity index is 624. The van der Waals surface area contributed by atoms with Crippen molar-refractivity contribution < 1.29 is 13.2 Å². The van der Waals surface area contributed by atoms with Crippen molar-refractivity contribution in [1.82, 2.24) is 4.72 Å². The highest BCUT2D eigenvalue weighted by molar-refractivity contribution is 7.89. The topological polar surface area (TPSA) is 81.4 Å². The maximum atomic E-state index is 12.5. The van der Waals surface area contributed by atoms with Crippen molar-refractivity contribution in [2.45, 2.75) is 49.6 Å². The van der Waals surface area contributed by atoms with Crippen molar-refractivity contribution in [3.63, 3.8) is 0 Å². The molecule has 1 saturated carbocycles. The number of aryl methyl sites for hydroxylation is 1. The van der Waals surface area contributed by atoms with Gasteiger partial charge < -0.3 is 10.5 Å². The van der Waals surface area contributed by atoms with Crippen LogP contribution in [0.2, 0.25) is 0 Å². The van der Waals surface area contributed by atoms with Crippen LogP contribution in [0, 0.1) is 0 Å². The smallest absolute Gasteiger partial charge is 0.244 e. The lowest BCUT2D eigenvalue weighted by atomic mass is 9.98. The summed E-state index contributed by atoms with van der Waals surface area (Å²) in [4.78, 5) is 0.244. The van der Waals surface area contributed by atoms with E-state index in [1.807, 2.05) is 13.0 Å². The molecular weight excluding hydrogens is 276 g/mol. The average Bonchev–Trinajstić information content (AvgIpc) is 3.21. The molecule has 0 saturated heterocycles. The Labute approximate surface area is 119 Å². The van der Waals surface area contributed by atoms with Crippen molar-refractivity contribution in [1.29, 1.82) is 0 Å². The van der Waals surface area contributed by atoms with Crippen LogP contribution in [0.15, 0.2) is 17.0 Å². The van der Waals surface area contributed by atoms with Crippen LogP contribution < -0.4 is 15.2 Å². The molecule has 1 atom stereocenters. The minimum atomic E-state index is -3.53. The summed E-state index contributed by atoms with van der Waals surface area (Å²) in [6.45, 7) is 2.47. The summed E-state index contributed by atoms with van der Waals surface area (Å²) in [5.41, 5.74) is 7.89. The molecule has 0 amide bonds. The molecule has 2 aliphatic rings. The number of ether oxygens (including phenoxy) is 1. The molecule has 1 aliphatic heterocycles. The normalized spacial score (nSPS) is 22.2. The molecule has 1 aromatic carbocycles. The highest BCUT2D eigenvalue weighted by atomic mass is 32.2. The van der Waals surface area contributed by atoms with Gasteiger partial charge in [0.15, 0.2) is 0 Å². The molecule has 6 heteroatoms. The fraction of sp³-hybridized carbons (Fsp3) is 0.571. The van der Waals surface area contributed by atoms with Crippen LogP contribution in [0.25, 0.3) is 0 Å². The second kappa shape index (κ2) is 5.02. The van der Waals surface area contributed by atoms with Gasteiger partial charge in [0.05, 0.1) is 6.61 Å². The summed E-state index contributed by atoms with van der Waals surface area (Å²) >= 11 is 0. The number of rotatable bonds is 4. The SMILES string of the molecule is CCc1cc2c(c(S(=O)(=O)NC3CC3)c1)OCCC2N. The van der Waals surface area contributed by atoms with Crippen molar-refractivity contribution in [2.24, 2.45) is 5.73 Å². The molecule has 5 nitrogen and oxygen atoms in total. The molecule has 1 fully saturated rings. The first-order chi connectivity index (χ1) is 9.51. The Morgan fingerprint density at radius 3 is 2.75 bits per heavy atom. The van der Waals surface area contributed by atoms with E-state index in [1.54, 1.807) is 6.07 Å². The van der Waals surface area contributed by atoms with E-state index >= 15 is 0 Å². The number of sulfonamides is 1. The zero-order valence-electron chi connectivity index (χ0n) is 11.6. The van der Waals surface area contributed by atoms with Gasteiger partial charge in [0.2, 0.25) is 10.0 Å². The number of fused-ring (bicyclic) bond motifs is 1. The van der Waals surface area contributed by atoms with E-state index in [2.05, 4.69) is 4.72 Å². The van der Waals surface area contributed by atoms with Crippen LogP contribution in [0.4, 0.5) is 0 Å². The monoisotopic (exact) mass is 296 g/mol. The van der Waals surface area contributed by atoms with Crippen molar-refractivity contribution >= 4 is 10.0 Å². The van der Waals surface area contributed by atoms with Gasteiger partial charge in [-0.3, -0.25) is 0 Å². The summed E-state index contributed by atoms with van der Waals surface area (Å²) in [5.74, 6) is 0.439. The van der Waals surface area contributed by atoms with E-state index in [1.165, 1.54) is 0 Å². The van der Waals surface area contributed by atoms with Crippen LogP contribution in [-0.4, -0.2) is 21.1 Å². The van der Waals surface area contributed by atoms with E-state index < -0.39 is 10.0 Å². The standard InChI is InChI=1S/C14H20N2O3S/c1-2-9-7-11-12(15)5-6-19-14(11)13(8-9)20(17,18)16-10-3-4-10/h7-8,10,12,16H,2-6,15H2,1H3. The lowest BCUT2D eigenvalue weighted by Gasteiger charge is -2.26. The van der Waals surface area contributed by atoms with Gasteiger partial charge in [0.25, 0.3) is 0 Å². The number of hydrogen-bond acceptors (Lipinski definition) is 4. The third-order valence-corrected chi connectivity index (χ3v) is 5.34. The van der Waals surface area contributed by atoms with Gasteiger partial charge in [0, 0.05) is 24.1 Å². The molecule has 1 unspecified atom stereocenters. The zero-order valence-corrected chi connectivity index (χ0v) is 12.4. The second-order valence-electron chi connectivity index (χ2n) is 5.51. The largest absolute Gasteiger partial charge is 0.492 e. The predicted octanol–water partition coefficient (Wildman–Crippen LogP) is 1.47. The van der Waals surface area contributed by atoms with Crippen LogP contribution in [0.1, 0.15) is 43.4 Å². The number of nitrogens with one attached hydrogen (secondary N) is 1. The minimum absolute atomic E-state index is 0.0817. The fourth-order valence-corrected chi connectivity index (χ4v) is 3.97. The predicted molar refractivity (Wildman–Crippen MR) is 76.2 cm³/mol. The number of benzene rings is 1. The van der Waals surface area contributed by atoms with E-state index in [0.717, 1.165) is 36.8 Å². The first-order valence-corrected chi connectivity index (χ1v) is 8.57. The molecular formula is C14H20N2O3S. The summed E-state index contributed by atoms with van der Waals surface area (Å²) in [5, 5.41) is 0. The van der Waals surface area contributed by atoms with Gasteiger partial charge in [-0.05, 0) is 30.9 Å². The third-order valence-electron chi connectivity index (χ3n) is 3.82. The maximum absolute atomic E-state index is 12.5. The van der Waals surface area contributed by atoms with Crippen LogP contribution >= 0.6 is 0 Å². The highest BCUT2D eigenvalue weighted by Gasteiger charge is 2.32. The van der Waals surface area contributed by atoms with Crippen LogP contribution in [-0.2, 0) is 16.4 Å². The van der Waals surface area contributed by atoms with Gasteiger partial charge in [-0.25, -0.2) is 13.1 Å². The van der Waals surface area contributed by atoms with E-state index in [9.17, 15) is 8.42 Å². The highest BCUT2D eigenvalue weighted by Crippen LogP contribution is 2.38. The Kier molecular flexibility index (Phi) is 3.48. The van der Waals surface area contributed by atoms with E-state index in [-0.39, 0.29) is 17.0 Å². The van der Waals surface area contributed by atoms with Gasteiger partial charge in [0.1, 0.15) is 10.6 Å². The number of nitrogens with two attached hydrogens (primary N) is 1. The second-order valence-corrected chi connectivity index (χ2v) is 7.19. The van der Waals surface area contributed by atoms with Crippen molar-refractivity contribution in [3.05, 3.63) is 23.3 Å². The molecule has 0 radical (unpaired) electrons. The fourth-order valence-electron chi connectivity index (χ4n) is 2.44. The Morgan fingerprint density at radius 2 is 2.10 bits per heavy atom.